The van der Waals surface area contributed by atoms with Gasteiger partial charge in [0.1, 0.15) is 4.88 Å². The van der Waals surface area contributed by atoms with Crippen LogP contribution >= 0.6 is 22.9 Å². The molecular formula is C28H30ClNO5S. The Bertz CT molecular complexity index is 1230. The van der Waals surface area contributed by atoms with Gasteiger partial charge in [0.2, 0.25) is 0 Å². The molecule has 1 aliphatic rings. The van der Waals surface area contributed by atoms with Crippen LogP contribution in [0, 0.1) is 6.92 Å². The third-order valence-corrected chi connectivity index (χ3v) is 7.96. The van der Waals surface area contributed by atoms with Gasteiger partial charge in [-0.15, -0.1) is 11.3 Å². The standard InChI is InChI=1S/C28H30ClNO5S/c1-18-16-21(29)7-10-24(18)19-4-2-5-20(17-19)25(31)11-8-22-13-15-35-28(34)30(22)14-3-6-23-9-12-26(36-23)27(32)33/h2,4-5,7,9-10,12,16-17,22,25,31H,3,6,8,11,13-15H2,1H3,(H,32,33). The van der Waals surface area contributed by atoms with Gasteiger partial charge < -0.3 is 19.8 Å². The predicted molar refractivity (Wildman–Crippen MR) is 142 cm³/mol. The molecule has 3 aromatic rings. The fraction of sp³-hybridized carbons (Fsp3) is 0.357. The number of carbonyl (C=O) groups is 2. The second-order valence-electron chi connectivity index (χ2n) is 9.10. The number of aryl methyl sites for hydroxylation is 2. The van der Waals surface area contributed by atoms with Crippen molar-refractivity contribution in [1.82, 2.24) is 4.90 Å². The number of carboxylic acid groups (broad SMARTS) is 1. The fourth-order valence-corrected chi connectivity index (χ4v) is 5.79. The normalized spacial score (nSPS) is 16.6. The number of aromatic carboxylic acids is 1. The van der Waals surface area contributed by atoms with Crippen molar-refractivity contribution in [2.24, 2.45) is 0 Å². The molecule has 1 amide bonds. The molecule has 1 aromatic heterocycles. The van der Waals surface area contributed by atoms with Crippen molar-refractivity contribution < 1.29 is 24.5 Å². The summed E-state index contributed by atoms with van der Waals surface area (Å²) in [6.45, 7) is 2.93. The Kier molecular flexibility index (Phi) is 8.67. The molecular weight excluding hydrogens is 498 g/mol. The molecule has 8 heteroatoms. The van der Waals surface area contributed by atoms with Crippen LogP contribution in [0.25, 0.3) is 11.1 Å². The fourth-order valence-electron chi connectivity index (χ4n) is 4.68. The number of aliphatic hydroxyl groups excluding tert-OH is 1. The van der Waals surface area contributed by atoms with Gasteiger partial charge in [-0.05, 0) is 85.2 Å². The maximum absolute atomic E-state index is 12.5. The summed E-state index contributed by atoms with van der Waals surface area (Å²) in [6.07, 6.45) is 2.39. The lowest BCUT2D eigenvalue weighted by Crippen LogP contribution is -2.46. The van der Waals surface area contributed by atoms with Crippen molar-refractivity contribution >= 4 is 35.0 Å². The van der Waals surface area contributed by atoms with Gasteiger partial charge in [0, 0.05) is 28.9 Å². The van der Waals surface area contributed by atoms with Crippen LogP contribution in [0.2, 0.25) is 5.02 Å². The van der Waals surface area contributed by atoms with Gasteiger partial charge in [0.05, 0.1) is 12.7 Å². The van der Waals surface area contributed by atoms with Gasteiger partial charge in [0.25, 0.3) is 0 Å². The Hall–Kier alpha value is -2.87. The lowest BCUT2D eigenvalue weighted by atomic mass is 9.94. The molecule has 6 nitrogen and oxygen atoms in total. The lowest BCUT2D eigenvalue weighted by molar-refractivity contribution is 0.0356. The molecule has 0 aliphatic carbocycles. The highest BCUT2D eigenvalue weighted by Gasteiger charge is 2.29. The summed E-state index contributed by atoms with van der Waals surface area (Å²) >= 11 is 7.37. The molecule has 1 aliphatic heterocycles. The van der Waals surface area contributed by atoms with Crippen molar-refractivity contribution in [1.29, 1.82) is 0 Å². The SMILES string of the molecule is Cc1cc(Cl)ccc1-c1cccc(C(O)CCC2CCOC(=O)N2CCCc2ccc(C(=O)O)s2)c1. The highest BCUT2D eigenvalue weighted by Crippen LogP contribution is 2.30. The quantitative estimate of drug-likeness (QED) is 0.305. The zero-order valence-electron chi connectivity index (χ0n) is 20.2. The van der Waals surface area contributed by atoms with Gasteiger partial charge in [-0.25, -0.2) is 9.59 Å². The maximum atomic E-state index is 12.5. The van der Waals surface area contributed by atoms with Crippen LogP contribution in [0.4, 0.5) is 4.79 Å². The van der Waals surface area contributed by atoms with Crippen LogP contribution in [-0.2, 0) is 11.2 Å². The summed E-state index contributed by atoms with van der Waals surface area (Å²) < 4.78 is 5.27. The van der Waals surface area contributed by atoms with Gasteiger partial charge in [-0.2, -0.15) is 0 Å². The Balaban J connectivity index is 1.35. The number of rotatable bonds is 10. The summed E-state index contributed by atoms with van der Waals surface area (Å²) in [5, 5.41) is 20.7. The molecule has 2 unspecified atom stereocenters. The second-order valence-corrected chi connectivity index (χ2v) is 10.7. The molecule has 0 saturated carbocycles. The number of amides is 1. The molecule has 2 atom stereocenters. The van der Waals surface area contributed by atoms with E-state index in [1.165, 1.54) is 11.3 Å². The highest BCUT2D eigenvalue weighted by atomic mass is 35.5. The first-order chi connectivity index (χ1) is 17.3. The minimum Gasteiger partial charge on any atom is -0.477 e. The lowest BCUT2D eigenvalue weighted by Gasteiger charge is -2.35. The van der Waals surface area contributed by atoms with E-state index < -0.39 is 12.1 Å². The van der Waals surface area contributed by atoms with E-state index in [9.17, 15) is 14.7 Å². The van der Waals surface area contributed by atoms with Crippen LogP contribution in [0.5, 0.6) is 0 Å². The molecule has 36 heavy (non-hydrogen) atoms. The van der Waals surface area contributed by atoms with Gasteiger partial charge >= 0.3 is 12.1 Å². The zero-order chi connectivity index (χ0) is 25.7. The second kappa shape index (κ2) is 11.9. The predicted octanol–water partition coefficient (Wildman–Crippen LogP) is 6.73. The number of aliphatic hydroxyl groups is 1. The summed E-state index contributed by atoms with van der Waals surface area (Å²) in [5.41, 5.74) is 4.03. The van der Waals surface area contributed by atoms with Crippen molar-refractivity contribution in [2.45, 2.75) is 51.2 Å². The molecule has 4 rings (SSSR count). The first-order valence-corrected chi connectivity index (χ1v) is 13.3. The Morgan fingerprint density at radius 1 is 1.22 bits per heavy atom. The van der Waals surface area contributed by atoms with Crippen molar-refractivity contribution in [3.63, 3.8) is 0 Å². The van der Waals surface area contributed by atoms with Crippen LogP contribution in [0.15, 0.2) is 54.6 Å². The molecule has 0 bridgehead atoms. The molecule has 190 valence electrons. The van der Waals surface area contributed by atoms with Crippen molar-refractivity contribution in [3.8, 4) is 11.1 Å². The van der Waals surface area contributed by atoms with Crippen molar-refractivity contribution in [2.75, 3.05) is 13.2 Å². The Morgan fingerprint density at radius 2 is 2.06 bits per heavy atom. The van der Waals surface area contributed by atoms with Gasteiger partial charge in [-0.1, -0.05) is 35.9 Å². The average Bonchev–Trinajstić information content (AvgIpc) is 3.33. The molecule has 0 radical (unpaired) electrons. The van der Waals surface area contributed by atoms with Crippen LogP contribution < -0.4 is 0 Å². The number of halogens is 1. The maximum Gasteiger partial charge on any atom is 0.410 e. The smallest absolute Gasteiger partial charge is 0.410 e. The molecule has 1 fully saturated rings. The number of ether oxygens (including phenoxy) is 1. The highest BCUT2D eigenvalue weighted by molar-refractivity contribution is 7.13. The summed E-state index contributed by atoms with van der Waals surface area (Å²) in [6, 6.07) is 17.2. The molecule has 1 saturated heterocycles. The summed E-state index contributed by atoms with van der Waals surface area (Å²) in [4.78, 5) is 26.6. The molecule has 2 aromatic carbocycles. The van der Waals surface area contributed by atoms with E-state index in [-0.39, 0.29) is 12.1 Å². The van der Waals surface area contributed by atoms with Crippen molar-refractivity contribution in [3.05, 3.63) is 80.5 Å². The minimum atomic E-state index is -0.918. The van der Waals surface area contributed by atoms with E-state index in [0.717, 1.165) is 40.0 Å². The van der Waals surface area contributed by atoms with E-state index >= 15 is 0 Å². The molecule has 2 N–H and O–H groups in total. The number of hydrogen-bond acceptors (Lipinski definition) is 5. The first-order valence-electron chi connectivity index (χ1n) is 12.1. The number of hydrogen-bond donors (Lipinski definition) is 2. The Morgan fingerprint density at radius 3 is 2.81 bits per heavy atom. The number of carbonyl (C=O) groups excluding carboxylic acids is 1. The monoisotopic (exact) mass is 527 g/mol. The van der Waals surface area contributed by atoms with E-state index in [1.807, 2.05) is 55.5 Å². The topological polar surface area (TPSA) is 87.1 Å². The van der Waals surface area contributed by atoms with Crippen LogP contribution in [-0.4, -0.2) is 46.4 Å². The van der Waals surface area contributed by atoms with E-state index in [4.69, 9.17) is 21.4 Å². The van der Waals surface area contributed by atoms with E-state index in [2.05, 4.69) is 0 Å². The number of benzene rings is 2. The summed E-state index contributed by atoms with van der Waals surface area (Å²) in [5.74, 6) is -0.918. The van der Waals surface area contributed by atoms with Crippen LogP contribution in [0.1, 0.15) is 57.5 Å². The number of thiophene rings is 1. The number of carboxylic acids is 1. The third kappa shape index (κ3) is 6.46. The molecule has 0 spiro atoms. The zero-order valence-corrected chi connectivity index (χ0v) is 21.7. The summed E-state index contributed by atoms with van der Waals surface area (Å²) in [7, 11) is 0. The largest absolute Gasteiger partial charge is 0.477 e. The van der Waals surface area contributed by atoms with E-state index in [1.54, 1.807) is 11.0 Å². The van der Waals surface area contributed by atoms with Gasteiger partial charge in [0.15, 0.2) is 0 Å². The van der Waals surface area contributed by atoms with Gasteiger partial charge in [-0.3, -0.25) is 0 Å². The average molecular weight is 528 g/mol. The number of nitrogens with zero attached hydrogens (tertiary/aromatic N) is 1. The van der Waals surface area contributed by atoms with E-state index in [0.29, 0.717) is 42.3 Å². The first kappa shape index (κ1) is 26.2. The number of cyclic esters (lactones) is 1. The Labute approximate surface area is 220 Å². The van der Waals surface area contributed by atoms with Crippen LogP contribution in [0.3, 0.4) is 0 Å². The minimum absolute atomic E-state index is 0.000471. The molecule has 2 heterocycles. The third-order valence-electron chi connectivity index (χ3n) is 6.59.